The average Bonchev–Trinajstić information content (AvgIpc) is 2.03. The standard InChI is InChI=1S/C13H20.H2O/c1-10(2)11-8-6-7-9-12(11)13(3,4)5;/h6-10H,1-5H3;1H2. The lowest BCUT2D eigenvalue weighted by Crippen LogP contribution is -2.14. The summed E-state index contributed by atoms with van der Waals surface area (Å²) in [6.07, 6.45) is 0. The van der Waals surface area contributed by atoms with E-state index in [1.165, 1.54) is 11.1 Å². The van der Waals surface area contributed by atoms with Crippen LogP contribution in [-0.4, -0.2) is 5.48 Å². The van der Waals surface area contributed by atoms with Gasteiger partial charge in [0.15, 0.2) is 0 Å². The fourth-order valence-electron chi connectivity index (χ4n) is 1.68. The van der Waals surface area contributed by atoms with Gasteiger partial charge in [-0.05, 0) is 22.5 Å². The van der Waals surface area contributed by atoms with Crippen molar-refractivity contribution in [1.29, 1.82) is 0 Å². The summed E-state index contributed by atoms with van der Waals surface area (Å²) in [5.74, 6) is 0.621. The normalized spacial score (nSPS) is 11.3. The Morgan fingerprint density at radius 3 is 1.86 bits per heavy atom. The van der Waals surface area contributed by atoms with Gasteiger partial charge in [0.25, 0.3) is 0 Å². The summed E-state index contributed by atoms with van der Waals surface area (Å²) in [7, 11) is 0. The molecule has 0 spiro atoms. The first-order chi connectivity index (χ1) is 5.93. The minimum Gasteiger partial charge on any atom is -0.412 e. The lowest BCUT2D eigenvalue weighted by atomic mass is 9.81. The fourth-order valence-corrected chi connectivity index (χ4v) is 1.68. The van der Waals surface area contributed by atoms with Crippen molar-refractivity contribution in [3.8, 4) is 0 Å². The van der Waals surface area contributed by atoms with Gasteiger partial charge in [0.1, 0.15) is 0 Å². The molecule has 0 aliphatic rings. The molecular formula is C13H22O. The highest BCUT2D eigenvalue weighted by molar-refractivity contribution is 5.34. The molecule has 80 valence electrons. The van der Waals surface area contributed by atoms with E-state index in [2.05, 4.69) is 58.9 Å². The van der Waals surface area contributed by atoms with Crippen LogP contribution in [0.25, 0.3) is 0 Å². The number of benzene rings is 1. The van der Waals surface area contributed by atoms with Crippen molar-refractivity contribution in [1.82, 2.24) is 0 Å². The van der Waals surface area contributed by atoms with Gasteiger partial charge in [0.05, 0.1) is 0 Å². The maximum Gasteiger partial charge on any atom is -0.0129 e. The maximum absolute atomic E-state index is 2.27. The Morgan fingerprint density at radius 2 is 1.50 bits per heavy atom. The van der Waals surface area contributed by atoms with E-state index in [-0.39, 0.29) is 10.9 Å². The molecule has 1 rings (SSSR count). The Hall–Kier alpha value is -0.820. The molecule has 0 aliphatic heterocycles. The third-order valence-corrected chi connectivity index (χ3v) is 2.39. The molecule has 2 N–H and O–H groups in total. The van der Waals surface area contributed by atoms with Gasteiger partial charge in [0, 0.05) is 0 Å². The summed E-state index contributed by atoms with van der Waals surface area (Å²) >= 11 is 0. The minimum atomic E-state index is 0. The van der Waals surface area contributed by atoms with Gasteiger partial charge in [-0.3, -0.25) is 0 Å². The maximum atomic E-state index is 2.27. The van der Waals surface area contributed by atoms with Gasteiger partial charge in [-0.25, -0.2) is 0 Å². The van der Waals surface area contributed by atoms with Gasteiger partial charge in [-0.2, -0.15) is 0 Å². The predicted molar refractivity (Wildman–Crippen MR) is 62.8 cm³/mol. The average molecular weight is 194 g/mol. The van der Waals surface area contributed by atoms with E-state index in [9.17, 15) is 0 Å². The van der Waals surface area contributed by atoms with Gasteiger partial charge < -0.3 is 5.48 Å². The molecule has 0 aliphatic carbocycles. The predicted octanol–water partition coefficient (Wildman–Crippen LogP) is 3.28. The number of rotatable bonds is 1. The molecule has 1 aromatic rings. The molecule has 0 heterocycles. The fraction of sp³-hybridized carbons (Fsp3) is 0.538. The summed E-state index contributed by atoms with van der Waals surface area (Å²) < 4.78 is 0. The lowest BCUT2D eigenvalue weighted by molar-refractivity contribution is 0.577. The zero-order valence-corrected chi connectivity index (χ0v) is 9.89. The largest absolute Gasteiger partial charge is 0.412 e. The van der Waals surface area contributed by atoms with E-state index in [1.54, 1.807) is 0 Å². The molecule has 0 aromatic heterocycles. The molecule has 14 heavy (non-hydrogen) atoms. The third-order valence-electron chi connectivity index (χ3n) is 2.39. The van der Waals surface area contributed by atoms with Crippen LogP contribution < -0.4 is 0 Å². The highest BCUT2D eigenvalue weighted by Crippen LogP contribution is 2.29. The van der Waals surface area contributed by atoms with E-state index in [0.29, 0.717) is 5.92 Å². The summed E-state index contributed by atoms with van der Waals surface area (Å²) in [6, 6.07) is 8.75. The molecule has 0 unspecified atom stereocenters. The topological polar surface area (TPSA) is 31.5 Å². The highest BCUT2D eigenvalue weighted by Gasteiger charge is 2.18. The number of hydrogen-bond acceptors (Lipinski definition) is 0. The van der Waals surface area contributed by atoms with Crippen molar-refractivity contribution in [3.63, 3.8) is 0 Å². The van der Waals surface area contributed by atoms with E-state index in [0.717, 1.165) is 0 Å². The Morgan fingerprint density at radius 1 is 1.00 bits per heavy atom. The Balaban J connectivity index is 0.00000169. The van der Waals surface area contributed by atoms with Crippen molar-refractivity contribution >= 4 is 0 Å². The van der Waals surface area contributed by atoms with Crippen LogP contribution in [-0.2, 0) is 5.41 Å². The smallest absolute Gasteiger partial charge is 0.0129 e. The Bertz CT molecular complexity index is 282. The molecule has 0 saturated carbocycles. The SMILES string of the molecule is CC(C)c1ccccc1C(C)(C)C.O. The minimum absolute atomic E-state index is 0. The molecular weight excluding hydrogens is 172 g/mol. The quantitative estimate of drug-likeness (QED) is 0.657. The first-order valence-electron chi connectivity index (χ1n) is 5.02. The second-order valence-corrected chi connectivity index (χ2v) is 4.99. The van der Waals surface area contributed by atoms with E-state index in [1.807, 2.05) is 0 Å². The molecule has 0 fully saturated rings. The first-order valence-corrected chi connectivity index (χ1v) is 5.02. The highest BCUT2D eigenvalue weighted by atomic mass is 16.0. The second kappa shape index (κ2) is 4.61. The number of hydrogen-bond donors (Lipinski definition) is 0. The van der Waals surface area contributed by atoms with Crippen LogP contribution in [0.4, 0.5) is 0 Å². The van der Waals surface area contributed by atoms with Gasteiger partial charge in [-0.15, -0.1) is 0 Å². The molecule has 0 bridgehead atoms. The zero-order chi connectivity index (χ0) is 10.1. The lowest BCUT2D eigenvalue weighted by Gasteiger charge is -2.24. The van der Waals surface area contributed by atoms with Crippen molar-refractivity contribution in [2.75, 3.05) is 0 Å². The Labute approximate surface area is 87.5 Å². The summed E-state index contributed by atoms with van der Waals surface area (Å²) in [6.45, 7) is 11.3. The first kappa shape index (κ1) is 13.2. The van der Waals surface area contributed by atoms with Crippen LogP contribution in [0.15, 0.2) is 24.3 Å². The van der Waals surface area contributed by atoms with E-state index >= 15 is 0 Å². The summed E-state index contributed by atoms with van der Waals surface area (Å²) in [5.41, 5.74) is 3.22. The van der Waals surface area contributed by atoms with Crippen LogP contribution in [0.3, 0.4) is 0 Å². The van der Waals surface area contributed by atoms with E-state index < -0.39 is 0 Å². The molecule has 0 atom stereocenters. The van der Waals surface area contributed by atoms with Gasteiger partial charge >= 0.3 is 0 Å². The zero-order valence-electron chi connectivity index (χ0n) is 9.89. The molecule has 1 aromatic carbocycles. The van der Waals surface area contributed by atoms with Crippen LogP contribution in [0.2, 0.25) is 0 Å². The molecule has 1 heteroatoms. The molecule has 0 radical (unpaired) electrons. The molecule has 1 nitrogen and oxygen atoms in total. The van der Waals surface area contributed by atoms with Crippen LogP contribution >= 0.6 is 0 Å². The van der Waals surface area contributed by atoms with Crippen LogP contribution in [0.1, 0.15) is 51.7 Å². The summed E-state index contributed by atoms with van der Waals surface area (Å²) in [4.78, 5) is 0. The van der Waals surface area contributed by atoms with Crippen LogP contribution in [0, 0.1) is 0 Å². The molecule has 0 saturated heterocycles. The van der Waals surface area contributed by atoms with Gasteiger partial charge in [-0.1, -0.05) is 58.9 Å². The van der Waals surface area contributed by atoms with Crippen LogP contribution in [0.5, 0.6) is 0 Å². The molecule has 0 amide bonds. The van der Waals surface area contributed by atoms with Gasteiger partial charge in [0.2, 0.25) is 0 Å². The monoisotopic (exact) mass is 194 g/mol. The van der Waals surface area contributed by atoms with E-state index in [4.69, 9.17) is 0 Å². The van der Waals surface area contributed by atoms with Crippen molar-refractivity contribution in [2.24, 2.45) is 0 Å². The van der Waals surface area contributed by atoms with Crippen molar-refractivity contribution in [2.45, 2.75) is 46.0 Å². The second-order valence-electron chi connectivity index (χ2n) is 4.99. The van der Waals surface area contributed by atoms with Crippen molar-refractivity contribution in [3.05, 3.63) is 35.4 Å². The summed E-state index contributed by atoms with van der Waals surface area (Å²) in [5, 5.41) is 0. The van der Waals surface area contributed by atoms with Crippen molar-refractivity contribution < 1.29 is 5.48 Å². The third kappa shape index (κ3) is 2.85. The Kier molecular flexibility index (Phi) is 4.34.